The average molecular weight is 187 g/mol. The van der Waals surface area contributed by atoms with Gasteiger partial charge in [-0.05, 0) is 19.8 Å². The summed E-state index contributed by atoms with van der Waals surface area (Å²) in [4.78, 5) is 2.64. The first-order valence-corrected chi connectivity index (χ1v) is 6.18. The van der Waals surface area contributed by atoms with Crippen LogP contribution in [0.15, 0.2) is 0 Å². The lowest BCUT2D eigenvalue weighted by atomic mass is 10.2. The summed E-state index contributed by atoms with van der Waals surface area (Å²) in [5.74, 6) is 1.34. The topological polar surface area (TPSA) is 3.24 Å². The molecule has 2 atom stereocenters. The van der Waals surface area contributed by atoms with Gasteiger partial charge in [-0.1, -0.05) is 13.8 Å². The van der Waals surface area contributed by atoms with E-state index >= 15 is 0 Å². The molecule has 12 heavy (non-hydrogen) atoms. The van der Waals surface area contributed by atoms with Crippen LogP contribution in [0.5, 0.6) is 0 Å². The molecule has 1 rings (SSSR count). The molecule has 1 fully saturated rings. The van der Waals surface area contributed by atoms with Gasteiger partial charge in [0.05, 0.1) is 0 Å². The number of thioether (sulfide) groups is 1. The van der Waals surface area contributed by atoms with Gasteiger partial charge in [-0.15, -0.1) is 0 Å². The largest absolute Gasteiger partial charge is 0.299 e. The normalized spacial score (nSPS) is 28.8. The Morgan fingerprint density at radius 2 is 2.25 bits per heavy atom. The highest BCUT2D eigenvalue weighted by atomic mass is 32.2. The van der Waals surface area contributed by atoms with E-state index in [0.717, 1.165) is 11.3 Å². The van der Waals surface area contributed by atoms with Crippen LogP contribution in [0.4, 0.5) is 0 Å². The fourth-order valence-electron chi connectivity index (χ4n) is 1.65. The maximum Gasteiger partial charge on any atom is 0.0172 e. The molecule has 0 aromatic heterocycles. The number of hydrogen-bond donors (Lipinski definition) is 0. The molecule has 1 saturated heterocycles. The van der Waals surface area contributed by atoms with Gasteiger partial charge in [0.1, 0.15) is 0 Å². The smallest absolute Gasteiger partial charge is 0.0172 e. The molecular weight excluding hydrogens is 166 g/mol. The third kappa shape index (κ3) is 2.67. The van der Waals surface area contributed by atoms with Crippen LogP contribution < -0.4 is 0 Å². The highest BCUT2D eigenvalue weighted by molar-refractivity contribution is 8.00. The van der Waals surface area contributed by atoms with E-state index in [4.69, 9.17) is 0 Å². The van der Waals surface area contributed by atoms with Crippen molar-refractivity contribution >= 4 is 11.8 Å². The van der Waals surface area contributed by atoms with Crippen LogP contribution in [0.25, 0.3) is 0 Å². The van der Waals surface area contributed by atoms with E-state index in [1.54, 1.807) is 0 Å². The maximum atomic E-state index is 2.64. The van der Waals surface area contributed by atoms with Crippen LogP contribution in [0.3, 0.4) is 0 Å². The molecule has 0 aromatic rings. The van der Waals surface area contributed by atoms with Crippen molar-refractivity contribution < 1.29 is 0 Å². The average Bonchev–Trinajstić information content (AvgIpc) is 2.17. The summed E-state index contributed by atoms with van der Waals surface area (Å²) in [6, 6.07) is 0.792. The monoisotopic (exact) mass is 187 g/mol. The molecule has 2 heteroatoms. The molecule has 1 aliphatic rings. The molecule has 1 aliphatic heterocycles. The van der Waals surface area contributed by atoms with E-state index in [9.17, 15) is 0 Å². The van der Waals surface area contributed by atoms with Crippen LogP contribution in [-0.4, -0.2) is 35.0 Å². The lowest BCUT2D eigenvalue weighted by Gasteiger charge is -2.35. The second kappa shape index (κ2) is 5.13. The Morgan fingerprint density at radius 3 is 2.83 bits per heavy atom. The Labute approximate surface area is 80.9 Å². The molecule has 0 amide bonds. The first-order valence-electron chi connectivity index (χ1n) is 5.13. The van der Waals surface area contributed by atoms with Crippen molar-refractivity contribution in [2.24, 2.45) is 0 Å². The number of rotatable bonds is 3. The SMILES string of the molecule is CCC1CN(C(C)CC)CCS1. The highest BCUT2D eigenvalue weighted by Crippen LogP contribution is 2.22. The van der Waals surface area contributed by atoms with Crippen molar-refractivity contribution in [3.05, 3.63) is 0 Å². The maximum absolute atomic E-state index is 2.64. The fourth-order valence-corrected chi connectivity index (χ4v) is 2.85. The zero-order chi connectivity index (χ0) is 8.97. The molecule has 2 unspecified atom stereocenters. The Balaban J connectivity index is 2.34. The molecule has 72 valence electrons. The first kappa shape index (κ1) is 10.4. The molecule has 0 bridgehead atoms. The summed E-state index contributed by atoms with van der Waals surface area (Å²) in [7, 11) is 0. The van der Waals surface area contributed by atoms with E-state index in [1.807, 2.05) is 0 Å². The predicted molar refractivity (Wildman–Crippen MR) is 57.9 cm³/mol. The zero-order valence-electron chi connectivity index (χ0n) is 8.55. The molecule has 0 saturated carbocycles. The fraction of sp³-hybridized carbons (Fsp3) is 1.00. The van der Waals surface area contributed by atoms with Crippen molar-refractivity contribution in [2.75, 3.05) is 18.8 Å². The van der Waals surface area contributed by atoms with Crippen molar-refractivity contribution in [3.63, 3.8) is 0 Å². The summed E-state index contributed by atoms with van der Waals surface area (Å²) in [5, 5.41) is 0.896. The second-order valence-corrected chi connectivity index (χ2v) is 5.06. The lowest BCUT2D eigenvalue weighted by molar-refractivity contribution is 0.210. The van der Waals surface area contributed by atoms with Gasteiger partial charge < -0.3 is 0 Å². The van der Waals surface area contributed by atoms with Gasteiger partial charge >= 0.3 is 0 Å². The first-order chi connectivity index (χ1) is 5.77. The molecule has 1 nitrogen and oxygen atoms in total. The zero-order valence-corrected chi connectivity index (χ0v) is 9.36. The summed E-state index contributed by atoms with van der Waals surface area (Å²) in [5.41, 5.74) is 0. The quantitative estimate of drug-likeness (QED) is 0.668. The molecular formula is C10H21NS. The van der Waals surface area contributed by atoms with Crippen LogP contribution in [0.2, 0.25) is 0 Å². The van der Waals surface area contributed by atoms with Crippen LogP contribution in [-0.2, 0) is 0 Å². The summed E-state index contributed by atoms with van der Waals surface area (Å²) >= 11 is 2.15. The Morgan fingerprint density at radius 1 is 1.50 bits per heavy atom. The third-order valence-electron chi connectivity index (χ3n) is 2.84. The minimum atomic E-state index is 0.792. The van der Waals surface area contributed by atoms with E-state index in [2.05, 4.69) is 37.4 Å². The molecule has 0 radical (unpaired) electrons. The summed E-state index contributed by atoms with van der Waals surface area (Å²) < 4.78 is 0. The van der Waals surface area contributed by atoms with Gasteiger partial charge in [0.25, 0.3) is 0 Å². The Hall–Kier alpha value is 0.310. The summed E-state index contributed by atoms with van der Waals surface area (Å²) in [6.07, 6.45) is 2.62. The van der Waals surface area contributed by atoms with Gasteiger partial charge in [-0.25, -0.2) is 0 Å². The Kier molecular flexibility index (Phi) is 4.44. The second-order valence-electron chi connectivity index (χ2n) is 3.65. The molecule has 0 aromatic carbocycles. The van der Waals surface area contributed by atoms with Gasteiger partial charge in [0.2, 0.25) is 0 Å². The van der Waals surface area contributed by atoms with Crippen molar-refractivity contribution in [2.45, 2.75) is 44.9 Å². The third-order valence-corrected chi connectivity index (χ3v) is 4.21. The highest BCUT2D eigenvalue weighted by Gasteiger charge is 2.21. The van der Waals surface area contributed by atoms with Crippen molar-refractivity contribution in [1.82, 2.24) is 4.90 Å². The van der Waals surface area contributed by atoms with Crippen LogP contribution in [0.1, 0.15) is 33.6 Å². The van der Waals surface area contributed by atoms with E-state index < -0.39 is 0 Å². The number of hydrogen-bond acceptors (Lipinski definition) is 2. The van der Waals surface area contributed by atoms with Gasteiger partial charge in [-0.3, -0.25) is 4.90 Å². The number of nitrogens with zero attached hydrogens (tertiary/aromatic N) is 1. The van der Waals surface area contributed by atoms with E-state index in [0.29, 0.717) is 0 Å². The molecule has 0 spiro atoms. The van der Waals surface area contributed by atoms with Crippen LogP contribution >= 0.6 is 11.8 Å². The van der Waals surface area contributed by atoms with Gasteiger partial charge in [-0.2, -0.15) is 11.8 Å². The minimum Gasteiger partial charge on any atom is -0.299 e. The van der Waals surface area contributed by atoms with Crippen LogP contribution in [0, 0.1) is 0 Å². The van der Waals surface area contributed by atoms with Crippen molar-refractivity contribution in [1.29, 1.82) is 0 Å². The van der Waals surface area contributed by atoms with E-state index in [1.165, 1.54) is 31.7 Å². The van der Waals surface area contributed by atoms with Gasteiger partial charge in [0.15, 0.2) is 0 Å². The predicted octanol–water partition coefficient (Wildman–Crippen LogP) is 2.61. The summed E-state index contributed by atoms with van der Waals surface area (Å²) in [6.45, 7) is 9.56. The molecule has 0 aliphatic carbocycles. The lowest BCUT2D eigenvalue weighted by Crippen LogP contribution is -2.42. The standard InChI is InChI=1S/C10H21NS/c1-4-9(3)11-6-7-12-10(5-2)8-11/h9-10H,4-8H2,1-3H3. The molecule has 1 heterocycles. The van der Waals surface area contributed by atoms with E-state index in [-0.39, 0.29) is 0 Å². The Bertz CT molecular complexity index is 125. The minimum absolute atomic E-state index is 0.792. The molecule has 0 N–H and O–H groups in total. The van der Waals surface area contributed by atoms with Gasteiger partial charge in [0, 0.05) is 30.1 Å². The van der Waals surface area contributed by atoms with Crippen molar-refractivity contribution in [3.8, 4) is 0 Å².